The number of nitrogens with zero attached hydrogens (tertiary/aromatic N) is 1. The van der Waals surface area contributed by atoms with Crippen LogP contribution in [0.3, 0.4) is 0 Å². The van der Waals surface area contributed by atoms with E-state index in [2.05, 4.69) is 4.74 Å². The standard InChI is InChI=1S/C13H6Cl2F3NO3/c14-8-2-3-9(10(15)6-8)7-1-4-12(22-13(16,17)18)11(5-7)19(20)21/h1-6H. The number of nitro groups is 1. The third-order valence-corrected chi connectivity index (χ3v) is 3.17. The first kappa shape index (κ1) is 16.4. The molecule has 4 nitrogen and oxygen atoms in total. The van der Waals surface area contributed by atoms with Crippen molar-refractivity contribution in [3.8, 4) is 16.9 Å². The third kappa shape index (κ3) is 3.80. The molecule has 2 aromatic carbocycles. The van der Waals surface area contributed by atoms with Crippen LogP contribution in [-0.2, 0) is 0 Å². The van der Waals surface area contributed by atoms with Gasteiger partial charge in [-0.25, -0.2) is 0 Å². The van der Waals surface area contributed by atoms with Gasteiger partial charge < -0.3 is 4.74 Å². The summed E-state index contributed by atoms with van der Waals surface area (Å²) in [5.41, 5.74) is -0.156. The first-order valence-electron chi connectivity index (χ1n) is 5.67. The maximum absolute atomic E-state index is 12.2. The lowest BCUT2D eigenvalue weighted by Crippen LogP contribution is -2.17. The number of hydrogen-bond donors (Lipinski definition) is 0. The van der Waals surface area contributed by atoms with Crippen molar-refractivity contribution in [1.29, 1.82) is 0 Å². The summed E-state index contributed by atoms with van der Waals surface area (Å²) >= 11 is 11.7. The van der Waals surface area contributed by atoms with Crippen LogP contribution >= 0.6 is 23.2 Å². The zero-order chi connectivity index (χ0) is 16.5. The predicted molar refractivity (Wildman–Crippen MR) is 75.2 cm³/mol. The van der Waals surface area contributed by atoms with Crippen LogP contribution in [0, 0.1) is 10.1 Å². The zero-order valence-corrected chi connectivity index (χ0v) is 12.0. The van der Waals surface area contributed by atoms with Crippen molar-refractivity contribution in [1.82, 2.24) is 0 Å². The highest BCUT2D eigenvalue weighted by Crippen LogP contribution is 2.38. The molecule has 0 saturated heterocycles. The highest BCUT2D eigenvalue weighted by Gasteiger charge is 2.34. The van der Waals surface area contributed by atoms with Gasteiger partial charge in [0.05, 0.1) is 4.92 Å². The topological polar surface area (TPSA) is 52.4 Å². The molecule has 0 aliphatic heterocycles. The van der Waals surface area contributed by atoms with Gasteiger partial charge in [-0.2, -0.15) is 0 Å². The Morgan fingerprint density at radius 3 is 2.32 bits per heavy atom. The summed E-state index contributed by atoms with van der Waals surface area (Å²) in [5, 5.41) is 11.5. The normalized spacial score (nSPS) is 11.3. The van der Waals surface area contributed by atoms with Gasteiger partial charge in [-0.15, -0.1) is 13.2 Å². The first-order chi connectivity index (χ1) is 10.2. The molecule has 2 aromatic rings. The number of benzene rings is 2. The van der Waals surface area contributed by atoms with Crippen molar-refractivity contribution >= 4 is 28.9 Å². The van der Waals surface area contributed by atoms with Crippen LogP contribution in [0.1, 0.15) is 0 Å². The van der Waals surface area contributed by atoms with Gasteiger partial charge in [0.15, 0.2) is 0 Å². The molecule has 0 bridgehead atoms. The van der Waals surface area contributed by atoms with E-state index in [1.165, 1.54) is 24.3 Å². The number of nitro benzene ring substituents is 1. The third-order valence-electron chi connectivity index (χ3n) is 2.62. The van der Waals surface area contributed by atoms with Gasteiger partial charge in [-0.1, -0.05) is 35.3 Å². The summed E-state index contributed by atoms with van der Waals surface area (Å²) in [6.07, 6.45) is -5.02. The van der Waals surface area contributed by atoms with E-state index in [-0.39, 0.29) is 10.6 Å². The summed E-state index contributed by atoms with van der Waals surface area (Å²) in [5.74, 6) is -0.897. The highest BCUT2D eigenvalue weighted by atomic mass is 35.5. The van der Waals surface area contributed by atoms with Gasteiger partial charge in [0.25, 0.3) is 0 Å². The number of rotatable bonds is 3. The summed E-state index contributed by atoms with van der Waals surface area (Å²) in [4.78, 5) is 9.97. The number of ether oxygens (including phenoxy) is 1. The van der Waals surface area contributed by atoms with Gasteiger partial charge in [-0.3, -0.25) is 10.1 Å². The number of alkyl halides is 3. The van der Waals surface area contributed by atoms with Crippen molar-refractivity contribution < 1.29 is 22.8 Å². The van der Waals surface area contributed by atoms with E-state index < -0.39 is 22.7 Å². The minimum atomic E-state index is -5.02. The minimum absolute atomic E-state index is 0.214. The Kier molecular flexibility index (Phi) is 4.48. The molecule has 116 valence electrons. The van der Waals surface area contributed by atoms with Crippen LogP contribution in [0.5, 0.6) is 5.75 Å². The molecule has 0 spiro atoms. The molecule has 9 heteroatoms. The highest BCUT2D eigenvalue weighted by molar-refractivity contribution is 6.36. The van der Waals surface area contributed by atoms with E-state index in [0.717, 1.165) is 12.1 Å². The molecule has 0 radical (unpaired) electrons. The summed E-state index contributed by atoms with van der Waals surface area (Å²) in [6.45, 7) is 0. The largest absolute Gasteiger partial charge is 0.573 e. The molecule has 2 rings (SSSR count). The van der Waals surface area contributed by atoms with Gasteiger partial charge in [0.2, 0.25) is 5.75 Å². The average molecular weight is 352 g/mol. The molecule has 0 N–H and O–H groups in total. The molecule has 0 unspecified atom stereocenters. The Balaban J connectivity index is 2.52. The van der Waals surface area contributed by atoms with Crippen molar-refractivity contribution in [2.24, 2.45) is 0 Å². The lowest BCUT2D eigenvalue weighted by Gasteiger charge is -2.11. The lowest BCUT2D eigenvalue weighted by molar-refractivity contribution is -0.388. The van der Waals surface area contributed by atoms with E-state index >= 15 is 0 Å². The van der Waals surface area contributed by atoms with Crippen LogP contribution < -0.4 is 4.74 Å². The molecule has 22 heavy (non-hydrogen) atoms. The molecular formula is C13H6Cl2F3NO3. The fraction of sp³-hybridized carbons (Fsp3) is 0.0769. The van der Waals surface area contributed by atoms with Crippen molar-refractivity contribution in [3.05, 3.63) is 56.6 Å². The van der Waals surface area contributed by atoms with Gasteiger partial charge >= 0.3 is 12.0 Å². The quantitative estimate of drug-likeness (QED) is 0.544. The molecule has 0 fully saturated rings. The van der Waals surface area contributed by atoms with Crippen molar-refractivity contribution in [2.75, 3.05) is 0 Å². The van der Waals surface area contributed by atoms with Gasteiger partial charge in [-0.05, 0) is 23.8 Å². The van der Waals surface area contributed by atoms with E-state index in [0.29, 0.717) is 10.6 Å². The van der Waals surface area contributed by atoms with Gasteiger partial charge in [0, 0.05) is 21.7 Å². The van der Waals surface area contributed by atoms with E-state index in [4.69, 9.17) is 23.2 Å². The second kappa shape index (κ2) is 6.02. The predicted octanol–water partition coefficient (Wildman–Crippen LogP) is 5.47. The van der Waals surface area contributed by atoms with Crippen molar-refractivity contribution in [2.45, 2.75) is 6.36 Å². The first-order valence-corrected chi connectivity index (χ1v) is 6.42. The number of halogens is 5. The fourth-order valence-electron chi connectivity index (χ4n) is 1.76. The zero-order valence-electron chi connectivity index (χ0n) is 10.5. The Hall–Kier alpha value is -1.99. The Morgan fingerprint density at radius 1 is 1.09 bits per heavy atom. The van der Waals surface area contributed by atoms with Crippen LogP contribution in [-0.4, -0.2) is 11.3 Å². The maximum Gasteiger partial charge on any atom is 0.573 e. The van der Waals surface area contributed by atoms with E-state index in [1.54, 1.807) is 0 Å². The molecule has 0 amide bonds. The Labute approximate surface area is 132 Å². The molecule has 0 aliphatic rings. The van der Waals surface area contributed by atoms with E-state index in [1.807, 2.05) is 0 Å². The molecule has 0 saturated carbocycles. The maximum atomic E-state index is 12.2. The fourth-order valence-corrected chi connectivity index (χ4v) is 2.28. The molecule has 0 aliphatic carbocycles. The minimum Gasteiger partial charge on any atom is -0.398 e. The van der Waals surface area contributed by atoms with Crippen LogP contribution in [0.2, 0.25) is 10.0 Å². The second-order valence-corrected chi connectivity index (χ2v) is 4.96. The van der Waals surface area contributed by atoms with Crippen molar-refractivity contribution in [3.63, 3.8) is 0 Å². The second-order valence-electron chi connectivity index (χ2n) is 4.11. The summed E-state index contributed by atoms with van der Waals surface area (Å²) in [7, 11) is 0. The average Bonchev–Trinajstić information content (AvgIpc) is 2.37. The van der Waals surface area contributed by atoms with Crippen LogP contribution in [0.25, 0.3) is 11.1 Å². The summed E-state index contributed by atoms with van der Waals surface area (Å²) < 4.78 is 40.3. The molecule has 0 aromatic heterocycles. The number of hydrogen-bond acceptors (Lipinski definition) is 3. The summed E-state index contributed by atoms with van der Waals surface area (Å²) in [6, 6.07) is 7.50. The molecule has 0 atom stereocenters. The monoisotopic (exact) mass is 351 g/mol. The van der Waals surface area contributed by atoms with Crippen LogP contribution in [0.15, 0.2) is 36.4 Å². The Bertz CT molecular complexity index is 735. The molecular weight excluding hydrogens is 346 g/mol. The van der Waals surface area contributed by atoms with Crippen LogP contribution in [0.4, 0.5) is 18.9 Å². The molecule has 0 heterocycles. The Morgan fingerprint density at radius 2 is 1.77 bits per heavy atom. The SMILES string of the molecule is O=[N+]([O-])c1cc(-c2ccc(Cl)cc2Cl)ccc1OC(F)(F)F. The van der Waals surface area contributed by atoms with E-state index in [9.17, 15) is 23.3 Å². The van der Waals surface area contributed by atoms with Gasteiger partial charge in [0.1, 0.15) is 0 Å². The smallest absolute Gasteiger partial charge is 0.398 e. The lowest BCUT2D eigenvalue weighted by atomic mass is 10.0.